The van der Waals surface area contributed by atoms with Crippen LogP contribution in [-0.4, -0.2) is 23.8 Å². The molecule has 3 rings (SSSR count). The molecule has 2 aromatic rings. The fraction of sp³-hybridized carbons (Fsp3) is 0.450. The zero-order valence-electron chi connectivity index (χ0n) is 16.7. The van der Waals surface area contributed by atoms with E-state index in [9.17, 15) is 10.1 Å². The van der Waals surface area contributed by atoms with Gasteiger partial charge in [-0.15, -0.1) is 22.7 Å². The van der Waals surface area contributed by atoms with Crippen LogP contribution in [0.3, 0.4) is 0 Å². The lowest BCUT2D eigenvalue weighted by molar-refractivity contribution is -0.120. The Bertz CT molecular complexity index is 950. The van der Waals surface area contributed by atoms with Crippen LogP contribution in [0.4, 0.5) is 5.00 Å². The van der Waals surface area contributed by atoms with Gasteiger partial charge < -0.3 is 15.5 Å². The fourth-order valence-electron chi connectivity index (χ4n) is 3.61. The van der Waals surface area contributed by atoms with Gasteiger partial charge in [-0.05, 0) is 58.0 Å². The summed E-state index contributed by atoms with van der Waals surface area (Å²) in [5, 5.41) is 22.7. The van der Waals surface area contributed by atoms with Crippen LogP contribution in [0, 0.1) is 11.3 Å². The van der Waals surface area contributed by atoms with Gasteiger partial charge in [0.2, 0.25) is 0 Å². The zero-order chi connectivity index (χ0) is 20.5. The number of fused-ring (bicyclic) bond motifs is 1. The minimum atomic E-state index is -0.331. The predicted molar refractivity (Wildman–Crippen MR) is 114 cm³/mol. The number of oxime groups is 1. The molecule has 3 heterocycles. The molecular weight excluding hydrogens is 392 g/mol. The highest BCUT2D eigenvalue weighted by Gasteiger charge is 2.40. The summed E-state index contributed by atoms with van der Waals surface area (Å²) in [5.74, 6) is -0.331. The fourth-order valence-corrected chi connectivity index (χ4v) is 5.53. The maximum absolute atomic E-state index is 12.3. The molecule has 0 saturated heterocycles. The summed E-state index contributed by atoms with van der Waals surface area (Å²) in [5.41, 5.74) is 1.90. The van der Waals surface area contributed by atoms with E-state index >= 15 is 0 Å². The normalized spacial score (nSPS) is 17.5. The summed E-state index contributed by atoms with van der Waals surface area (Å²) in [6.45, 7) is 10.1. The minimum absolute atomic E-state index is 0.123. The molecule has 0 atom stereocenters. The lowest BCUT2D eigenvalue weighted by Crippen LogP contribution is -2.54. The predicted octanol–water partition coefficient (Wildman–Crippen LogP) is 4.22. The van der Waals surface area contributed by atoms with E-state index in [4.69, 9.17) is 4.84 Å². The van der Waals surface area contributed by atoms with E-state index < -0.39 is 0 Å². The van der Waals surface area contributed by atoms with Crippen LogP contribution in [-0.2, 0) is 21.6 Å². The van der Waals surface area contributed by atoms with E-state index in [1.807, 2.05) is 24.4 Å². The van der Waals surface area contributed by atoms with Gasteiger partial charge in [-0.1, -0.05) is 11.2 Å². The van der Waals surface area contributed by atoms with E-state index in [1.54, 1.807) is 11.3 Å². The number of nitriles is 1. The summed E-state index contributed by atoms with van der Waals surface area (Å²) in [6.07, 6.45) is 0.738. The zero-order valence-corrected chi connectivity index (χ0v) is 18.3. The van der Waals surface area contributed by atoms with Crippen molar-refractivity contribution in [2.75, 3.05) is 11.9 Å². The summed E-state index contributed by atoms with van der Waals surface area (Å²) in [6, 6.07) is 6.16. The molecule has 0 fully saturated rings. The highest BCUT2D eigenvalue weighted by Crippen LogP contribution is 2.44. The molecule has 28 heavy (non-hydrogen) atoms. The number of rotatable bonds is 5. The first-order chi connectivity index (χ1) is 13.1. The smallest absolute Gasteiger partial charge is 0.265 e. The molecule has 0 unspecified atom stereocenters. The molecule has 0 aromatic carbocycles. The van der Waals surface area contributed by atoms with Gasteiger partial charge in [-0.3, -0.25) is 4.79 Å². The van der Waals surface area contributed by atoms with Gasteiger partial charge in [-0.25, -0.2) is 0 Å². The molecule has 0 bridgehead atoms. The Morgan fingerprint density at radius 1 is 1.43 bits per heavy atom. The maximum atomic E-state index is 12.3. The first-order valence-electron chi connectivity index (χ1n) is 8.99. The third-order valence-electron chi connectivity index (χ3n) is 4.48. The van der Waals surface area contributed by atoms with E-state index in [0.29, 0.717) is 10.6 Å². The minimum Gasteiger partial charge on any atom is -0.385 e. The van der Waals surface area contributed by atoms with Gasteiger partial charge in [0.25, 0.3) is 5.91 Å². The molecule has 0 saturated carbocycles. The standard InChI is InChI=1S/C20H24N4O2S2/c1-12(15-7-6-8-27-15)23-26-11-16(25)22-18-14(10-21)13-9-19(2,3)24-20(4,5)17(13)28-18/h6-8,24H,9,11H2,1-5H3,(H,22,25)/b23-12-. The average Bonchev–Trinajstić information content (AvgIpc) is 3.21. The number of amides is 1. The van der Waals surface area contributed by atoms with Crippen LogP contribution < -0.4 is 10.6 Å². The molecule has 6 nitrogen and oxygen atoms in total. The largest absolute Gasteiger partial charge is 0.385 e. The van der Waals surface area contributed by atoms with Crippen molar-refractivity contribution in [1.82, 2.24) is 5.32 Å². The Kier molecular flexibility index (Phi) is 5.62. The van der Waals surface area contributed by atoms with Gasteiger partial charge in [0.15, 0.2) is 6.61 Å². The van der Waals surface area contributed by atoms with Gasteiger partial charge in [0.1, 0.15) is 11.1 Å². The Morgan fingerprint density at radius 2 is 2.18 bits per heavy atom. The molecule has 2 N–H and O–H groups in total. The number of thiophene rings is 2. The van der Waals surface area contributed by atoms with Crippen LogP contribution in [0.5, 0.6) is 0 Å². The lowest BCUT2D eigenvalue weighted by atomic mass is 9.81. The molecule has 0 spiro atoms. The Morgan fingerprint density at radius 3 is 2.82 bits per heavy atom. The number of nitrogens with zero attached hydrogens (tertiary/aromatic N) is 2. The summed E-state index contributed by atoms with van der Waals surface area (Å²) in [4.78, 5) is 19.6. The molecule has 8 heteroatoms. The molecule has 2 aromatic heterocycles. The molecule has 1 aliphatic rings. The van der Waals surface area contributed by atoms with Crippen LogP contribution in [0.15, 0.2) is 22.7 Å². The van der Waals surface area contributed by atoms with Crippen LogP contribution in [0.2, 0.25) is 0 Å². The molecular formula is C20H24N4O2S2. The van der Waals surface area contributed by atoms with Crippen molar-refractivity contribution in [2.45, 2.75) is 52.1 Å². The van der Waals surface area contributed by atoms with E-state index in [1.165, 1.54) is 11.3 Å². The third-order valence-corrected chi connectivity index (χ3v) is 6.93. The second-order valence-electron chi connectivity index (χ2n) is 8.01. The highest BCUT2D eigenvalue weighted by atomic mass is 32.1. The second kappa shape index (κ2) is 7.66. The van der Waals surface area contributed by atoms with E-state index in [2.05, 4.69) is 49.6 Å². The van der Waals surface area contributed by atoms with Crippen molar-refractivity contribution in [3.05, 3.63) is 38.4 Å². The molecule has 1 aliphatic heterocycles. The van der Waals surface area contributed by atoms with Crippen molar-refractivity contribution < 1.29 is 9.63 Å². The van der Waals surface area contributed by atoms with Crippen LogP contribution in [0.1, 0.15) is 55.5 Å². The second-order valence-corrected chi connectivity index (χ2v) is 9.98. The summed E-state index contributed by atoms with van der Waals surface area (Å²) < 4.78 is 0. The number of carbonyl (C=O) groups excluding carboxylic acids is 1. The molecule has 148 valence electrons. The Balaban J connectivity index is 1.73. The summed E-state index contributed by atoms with van der Waals surface area (Å²) >= 11 is 3.01. The quantitative estimate of drug-likeness (QED) is 0.564. The monoisotopic (exact) mass is 416 g/mol. The van der Waals surface area contributed by atoms with Crippen molar-refractivity contribution >= 4 is 39.3 Å². The Hall–Kier alpha value is -2.21. The maximum Gasteiger partial charge on any atom is 0.265 e. The number of hydrogen-bond donors (Lipinski definition) is 2. The third kappa shape index (κ3) is 4.27. The van der Waals surface area contributed by atoms with Crippen molar-refractivity contribution in [3.8, 4) is 6.07 Å². The summed E-state index contributed by atoms with van der Waals surface area (Å²) in [7, 11) is 0. The van der Waals surface area contributed by atoms with E-state index in [0.717, 1.165) is 27.5 Å². The number of anilines is 1. The molecule has 0 aliphatic carbocycles. The van der Waals surface area contributed by atoms with E-state index in [-0.39, 0.29) is 23.6 Å². The average molecular weight is 417 g/mol. The van der Waals surface area contributed by atoms with Gasteiger partial charge >= 0.3 is 0 Å². The van der Waals surface area contributed by atoms with Crippen molar-refractivity contribution in [3.63, 3.8) is 0 Å². The molecule has 1 amide bonds. The lowest BCUT2D eigenvalue weighted by Gasteiger charge is -2.42. The van der Waals surface area contributed by atoms with Crippen LogP contribution >= 0.6 is 22.7 Å². The molecule has 0 radical (unpaired) electrons. The number of carbonyl (C=O) groups is 1. The van der Waals surface area contributed by atoms with Gasteiger partial charge in [0, 0.05) is 16.0 Å². The first-order valence-corrected chi connectivity index (χ1v) is 10.7. The van der Waals surface area contributed by atoms with Gasteiger partial charge in [-0.2, -0.15) is 5.26 Å². The van der Waals surface area contributed by atoms with Crippen LogP contribution in [0.25, 0.3) is 0 Å². The first kappa shape index (κ1) is 20.5. The number of hydrogen-bond acceptors (Lipinski definition) is 7. The topological polar surface area (TPSA) is 86.5 Å². The SMILES string of the molecule is C/C(=N/OCC(=O)Nc1sc2c(c1C#N)CC(C)(C)NC2(C)C)c1cccs1. The van der Waals surface area contributed by atoms with Gasteiger partial charge in [0.05, 0.1) is 16.2 Å². The Labute approximate surface area is 173 Å². The van der Waals surface area contributed by atoms with Crippen molar-refractivity contribution in [1.29, 1.82) is 5.26 Å². The van der Waals surface area contributed by atoms with Crippen molar-refractivity contribution in [2.24, 2.45) is 5.16 Å². The highest BCUT2D eigenvalue weighted by molar-refractivity contribution is 7.17. The number of nitrogens with one attached hydrogen (secondary N) is 2.